The number of benzene rings is 2. The number of aryl methyl sites for hydroxylation is 1. The Kier molecular flexibility index (Phi) is 5.95. The van der Waals surface area contributed by atoms with Gasteiger partial charge < -0.3 is 15.5 Å². The van der Waals surface area contributed by atoms with Crippen LogP contribution in [0, 0.1) is 12.8 Å². The maximum atomic E-state index is 12.5. The smallest absolute Gasteiger partial charge is 0.228 e. The van der Waals surface area contributed by atoms with Crippen molar-refractivity contribution in [1.82, 2.24) is 5.32 Å². The molecule has 152 valence electrons. The van der Waals surface area contributed by atoms with Crippen LogP contribution in [0.3, 0.4) is 0 Å². The summed E-state index contributed by atoms with van der Waals surface area (Å²) in [6, 6.07) is 14.2. The zero-order valence-electron chi connectivity index (χ0n) is 17.0. The molecule has 0 bridgehead atoms. The van der Waals surface area contributed by atoms with Crippen LogP contribution in [0.1, 0.15) is 36.0 Å². The molecule has 0 radical (unpaired) electrons. The molecule has 0 aromatic heterocycles. The SMILES string of the molecule is Cc1ccc(NC(=O)Cc2ccc(CC3CCNC3)cc2)cc1N1CCCC1=O. The Morgan fingerprint density at radius 3 is 2.66 bits per heavy atom. The van der Waals surface area contributed by atoms with Crippen molar-refractivity contribution in [3.05, 3.63) is 59.2 Å². The fraction of sp³-hybridized carbons (Fsp3) is 0.417. The summed E-state index contributed by atoms with van der Waals surface area (Å²) >= 11 is 0. The first-order valence-corrected chi connectivity index (χ1v) is 10.6. The molecule has 0 aliphatic carbocycles. The summed E-state index contributed by atoms with van der Waals surface area (Å²) in [7, 11) is 0. The highest BCUT2D eigenvalue weighted by Crippen LogP contribution is 2.28. The van der Waals surface area contributed by atoms with Crippen molar-refractivity contribution in [2.24, 2.45) is 5.92 Å². The van der Waals surface area contributed by atoms with Crippen molar-refractivity contribution in [2.45, 2.75) is 39.0 Å². The van der Waals surface area contributed by atoms with Crippen molar-refractivity contribution in [2.75, 3.05) is 29.9 Å². The summed E-state index contributed by atoms with van der Waals surface area (Å²) in [4.78, 5) is 26.4. The lowest BCUT2D eigenvalue weighted by Crippen LogP contribution is -2.24. The number of anilines is 2. The quantitative estimate of drug-likeness (QED) is 0.793. The van der Waals surface area contributed by atoms with E-state index in [9.17, 15) is 9.59 Å². The van der Waals surface area contributed by atoms with Crippen molar-refractivity contribution < 1.29 is 9.59 Å². The zero-order valence-corrected chi connectivity index (χ0v) is 17.0. The molecule has 2 saturated heterocycles. The van der Waals surface area contributed by atoms with Gasteiger partial charge in [0.1, 0.15) is 0 Å². The monoisotopic (exact) mass is 391 g/mol. The van der Waals surface area contributed by atoms with Gasteiger partial charge in [-0.1, -0.05) is 30.3 Å². The highest BCUT2D eigenvalue weighted by molar-refractivity contribution is 5.98. The van der Waals surface area contributed by atoms with Gasteiger partial charge >= 0.3 is 0 Å². The Hall–Kier alpha value is -2.66. The average molecular weight is 392 g/mol. The maximum absolute atomic E-state index is 12.5. The second kappa shape index (κ2) is 8.78. The third-order valence-corrected chi connectivity index (χ3v) is 5.93. The molecule has 5 heteroatoms. The van der Waals surface area contributed by atoms with Gasteiger partial charge in [-0.2, -0.15) is 0 Å². The number of nitrogens with zero attached hydrogens (tertiary/aromatic N) is 1. The number of carbonyl (C=O) groups excluding carboxylic acids is 2. The molecule has 1 unspecified atom stereocenters. The Labute approximate surface area is 172 Å². The summed E-state index contributed by atoms with van der Waals surface area (Å²) in [5, 5.41) is 6.39. The maximum Gasteiger partial charge on any atom is 0.228 e. The molecule has 2 fully saturated rings. The van der Waals surface area contributed by atoms with Crippen LogP contribution in [0.25, 0.3) is 0 Å². The van der Waals surface area contributed by atoms with Crippen LogP contribution in [-0.2, 0) is 22.4 Å². The van der Waals surface area contributed by atoms with Crippen molar-refractivity contribution in [3.63, 3.8) is 0 Å². The predicted octanol–water partition coefficient (Wildman–Crippen LogP) is 3.46. The topological polar surface area (TPSA) is 61.4 Å². The van der Waals surface area contributed by atoms with Gasteiger partial charge in [-0.15, -0.1) is 0 Å². The molecule has 0 saturated carbocycles. The first-order chi connectivity index (χ1) is 14.1. The molecule has 2 heterocycles. The number of carbonyl (C=O) groups is 2. The Morgan fingerprint density at radius 2 is 1.97 bits per heavy atom. The second-order valence-corrected chi connectivity index (χ2v) is 8.25. The third kappa shape index (κ3) is 4.85. The van der Waals surface area contributed by atoms with Gasteiger partial charge in [0.2, 0.25) is 11.8 Å². The van der Waals surface area contributed by atoms with Crippen LogP contribution in [0.2, 0.25) is 0 Å². The van der Waals surface area contributed by atoms with Crippen LogP contribution in [0.4, 0.5) is 11.4 Å². The molecule has 1 atom stereocenters. The molecule has 2 aromatic rings. The minimum absolute atomic E-state index is 0.0414. The second-order valence-electron chi connectivity index (χ2n) is 8.25. The minimum atomic E-state index is -0.0414. The molecule has 2 aliphatic heterocycles. The molecule has 29 heavy (non-hydrogen) atoms. The van der Waals surface area contributed by atoms with Gasteiger partial charge in [-0.05, 0) is 74.0 Å². The van der Waals surface area contributed by atoms with E-state index in [2.05, 4.69) is 34.9 Å². The molecule has 2 aliphatic rings. The van der Waals surface area contributed by atoms with E-state index < -0.39 is 0 Å². The summed E-state index contributed by atoms with van der Waals surface area (Å²) in [5.74, 6) is 0.840. The predicted molar refractivity (Wildman–Crippen MR) is 116 cm³/mol. The first kappa shape index (κ1) is 19.6. The van der Waals surface area contributed by atoms with Crippen LogP contribution >= 0.6 is 0 Å². The Morgan fingerprint density at radius 1 is 1.17 bits per heavy atom. The van der Waals surface area contributed by atoms with E-state index >= 15 is 0 Å². The summed E-state index contributed by atoms with van der Waals surface area (Å²) in [5.41, 5.74) is 5.03. The molecule has 4 rings (SSSR count). The van der Waals surface area contributed by atoms with Crippen LogP contribution in [-0.4, -0.2) is 31.4 Å². The Bertz CT molecular complexity index is 885. The highest BCUT2D eigenvalue weighted by Gasteiger charge is 2.23. The van der Waals surface area contributed by atoms with Crippen LogP contribution < -0.4 is 15.5 Å². The number of hydrogen-bond acceptors (Lipinski definition) is 3. The van der Waals surface area contributed by atoms with Gasteiger partial charge in [0.15, 0.2) is 0 Å². The van der Waals surface area contributed by atoms with E-state index in [4.69, 9.17) is 0 Å². The molecular formula is C24H29N3O2. The van der Waals surface area contributed by atoms with Gasteiger partial charge in [0.25, 0.3) is 0 Å². The molecule has 2 aromatic carbocycles. The normalized spacial score (nSPS) is 19.0. The highest BCUT2D eigenvalue weighted by atomic mass is 16.2. The van der Waals surface area contributed by atoms with Crippen molar-refractivity contribution in [3.8, 4) is 0 Å². The van der Waals surface area contributed by atoms with Crippen molar-refractivity contribution in [1.29, 1.82) is 0 Å². The molecule has 5 nitrogen and oxygen atoms in total. The number of hydrogen-bond donors (Lipinski definition) is 2. The fourth-order valence-electron chi connectivity index (χ4n) is 4.29. The molecule has 2 N–H and O–H groups in total. The third-order valence-electron chi connectivity index (χ3n) is 5.93. The first-order valence-electron chi connectivity index (χ1n) is 10.6. The number of nitrogens with one attached hydrogen (secondary N) is 2. The van der Waals surface area contributed by atoms with Crippen molar-refractivity contribution >= 4 is 23.2 Å². The van der Waals surface area contributed by atoms with E-state index in [-0.39, 0.29) is 11.8 Å². The van der Waals surface area contributed by atoms with E-state index in [0.29, 0.717) is 12.8 Å². The summed E-state index contributed by atoms with van der Waals surface area (Å²) in [6.07, 6.45) is 4.18. The van der Waals surface area contributed by atoms with E-state index in [1.807, 2.05) is 30.0 Å². The summed E-state index contributed by atoms with van der Waals surface area (Å²) < 4.78 is 0. The molecule has 2 amide bonds. The van der Waals surface area contributed by atoms with Gasteiger partial charge in [-0.25, -0.2) is 0 Å². The van der Waals surface area contributed by atoms with Gasteiger partial charge in [-0.3, -0.25) is 9.59 Å². The van der Waals surface area contributed by atoms with E-state index in [0.717, 1.165) is 60.9 Å². The minimum Gasteiger partial charge on any atom is -0.326 e. The zero-order chi connectivity index (χ0) is 20.2. The number of rotatable bonds is 6. The largest absolute Gasteiger partial charge is 0.326 e. The average Bonchev–Trinajstić information content (AvgIpc) is 3.36. The van der Waals surface area contributed by atoms with Gasteiger partial charge in [0, 0.05) is 24.3 Å². The lowest BCUT2D eigenvalue weighted by molar-refractivity contribution is -0.117. The lowest BCUT2D eigenvalue weighted by Gasteiger charge is -2.19. The van der Waals surface area contributed by atoms with Crippen LogP contribution in [0.15, 0.2) is 42.5 Å². The fourth-order valence-corrected chi connectivity index (χ4v) is 4.29. The lowest BCUT2D eigenvalue weighted by atomic mass is 9.97. The van der Waals surface area contributed by atoms with Gasteiger partial charge in [0.05, 0.1) is 6.42 Å². The molecule has 0 spiro atoms. The van der Waals surface area contributed by atoms with E-state index in [1.165, 1.54) is 12.0 Å². The van der Waals surface area contributed by atoms with Crippen LogP contribution in [0.5, 0.6) is 0 Å². The Balaban J connectivity index is 1.36. The van der Waals surface area contributed by atoms with E-state index in [1.54, 1.807) is 0 Å². The standard InChI is InChI=1S/C24H29N3O2/c1-17-4-9-21(15-22(17)27-12-2-3-24(27)29)26-23(28)14-19-7-5-18(6-8-19)13-20-10-11-25-16-20/h4-9,15,20,25H,2-3,10-14,16H2,1H3,(H,26,28). The molecular weight excluding hydrogens is 362 g/mol. The number of amides is 2. The summed E-state index contributed by atoms with van der Waals surface area (Å²) in [6.45, 7) is 4.97.